The number of carbonyl (C=O) groups excluding carboxylic acids is 2. The third kappa shape index (κ3) is 2.14. The molecule has 2 amide bonds. The quantitative estimate of drug-likeness (QED) is 0.597. The summed E-state index contributed by atoms with van der Waals surface area (Å²) in [5, 5.41) is 6.16. The number of hydrogen-bond acceptors (Lipinski definition) is 4. The molecule has 2 heterocycles. The van der Waals surface area contributed by atoms with Crippen LogP contribution in [0.3, 0.4) is 0 Å². The molecule has 2 aliphatic heterocycles. The zero-order valence-corrected chi connectivity index (χ0v) is 11.1. The number of nitrogens with one attached hydrogen (secondary N) is 2. The summed E-state index contributed by atoms with van der Waals surface area (Å²) in [6.07, 6.45) is 4.18. The highest BCUT2D eigenvalue weighted by Gasteiger charge is 2.51. The molecule has 1 spiro atoms. The van der Waals surface area contributed by atoms with Crippen molar-refractivity contribution < 1.29 is 9.59 Å². The minimum absolute atomic E-state index is 0.141. The van der Waals surface area contributed by atoms with Crippen LogP contribution in [-0.4, -0.2) is 48.9 Å². The van der Waals surface area contributed by atoms with Gasteiger partial charge in [-0.25, -0.2) is 0 Å². The van der Waals surface area contributed by atoms with Gasteiger partial charge in [-0.3, -0.25) is 14.9 Å². The van der Waals surface area contributed by atoms with Crippen molar-refractivity contribution in [2.24, 2.45) is 10.4 Å². The van der Waals surface area contributed by atoms with Gasteiger partial charge in [0.1, 0.15) is 5.41 Å². The van der Waals surface area contributed by atoms with Crippen LogP contribution in [0.5, 0.6) is 0 Å². The molecule has 2 fully saturated rings. The molecule has 2 N–H and O–H groups in total. The second kappa shape index (κ2) is 4.92. The molecule has 0 radical (unpaired) electrons. The lowest BCUT2D eigenvalue weighted by Gasteiger charge is -2.33. The molecule has 0 unspecified atom stereocenters. The molecular weight excluding hydrogens is 244 g/mol. The Kier molecular flexibility index (Phi) is 3.26. The van der Waals surface area contributed by atoms with Gasteiger partial charge in [-0.05, 0) is 25.8 Å². The van der Waals surface area contributed by atoms with E-state index in [1.165, 1.54) is 0 Å². The van der Waals surface area contributed by atoms with E-state index in [1.54, 1.807) is 0 Å². The van der Waals surface area contributed by atoms with Crippen molar-refractivity contribution >= 4 is 17.8 Å². The fourth-order valence-electron chi connectivity index (χ4n) is 3.18. The van der Waals surface area contributed by atoms with Gasteiger partial charge in [0.2, 0.25) is 11.9 Å². The fourth-order valence-corrected chi connectivity index (χ4v) is 3.18. The summed E-state index contributed by atoms with van der Waals surface area (Å²) < 4.78 is 0. The number of guanidine groups is 1. The van der Waals surface area contributed by atoms with Gasteiger partial charge >= 0.3 is 0 Å². The van der Waals surface area contributed by atoms with Crippen LogP contribution in [0.25, 0.3) is 0 Å². The normalized spacial score (nSPS) is 27.2. The van der Waals surface area contributed by atoms with Crippen molar-refractivity contribution in [2.45, 2.75) is 32.1 Å². The Morgan fingerprint density at radius 2 is 1.84 bits per heavy atom. The van der Waals surface area contributed by atoms with Gasteiger partial charge < -0.3 is 10.2 Å². The minimum Gasteiger partial charge on any atom is -0.341 e. The van der Waals surface area contributed by atoms with E-state index >= 15 is 0 Å². The molecule has 3 rings (SSSR count). The van der Waals surface area contributed by atoms with Gasteiger partial charge in [0.25, 0.3) is 5.91 Å². The molecule has 19 heavy (non-hydrogen) atoms. The first kappa shape index (κ1) is 12.6. The van der Waals surface area contributed by atoms with Crippen molar-refractivity contribution in [3.05, 3.63) is 0 Å². The Morgan fingerprint density at radius 3 is 2.58 bits per heavy atom. The van der Waals surface area contributed by atoms with Crippen LogP contribution < -0.4 is 10.6 Å². The van der Waals surface area contributed by atoms with Crippen molar-refractivity contribution in [3.8, 4) is 0 Å². The molecule has 0 atom stereocenters. The fraction of sp³-hybridized carbons (Fsp3) is 0.769. The highest BCUT2D eigenvalue weighted by atomic mass is 16.2. The summed E-state index contributed by atoms with van der Waals surface area (Å²) in [6, 6.07) is 0. The van der Waals surface area contributed by atoms with E-state index in [0.717, 1.165) is 45.4 Å². The Balaban J connectivity index is 1.81. The van der Waals surface area contributed by atoms with E-state index in [-0.39, 0.29) is 11.8 Å². The molecule has 0 bridgehead atoms. The summed E-state index contributed by atoms with van der Waals surface area (Å²) in [4.78, 5) is 30.8. The van der Waals surface area contributed by atoms with Crippen LogP contribution in [0.1, 0.15) is 32.1 Å². The molecule has 1 aliphatic carbocycles. The van der Waals surface area contributed by atoms with Crippen molar-refractivity contribution in [3.63, 3.8) is 0 Å². The zero-order valence-electron chi connectivity index (χ0n) is 11.1. The summed E-state index contributed by atoms with van der Waals surface area (Å²) in [5.41, 5.74) is -0.854. The summed E-state index contributed by atoms with van der Waals surface area (Å²) >= 11 is 0. The maximum atomic E-state index is 12.3. The molecular formula is C13H20N4O2. The first-order valence-corrected chi connectivity index (χ1v) is 7.13. The van der Waals surface area contributed by atoms with Gasteiger partial charge in [-0.15, -0.1) is 0 Å². The monoisotopic (exact) mass is 264 g/mol. The van der Waals surface area contributed by atoms with Gasteiger partial charge in [0, 0.05) is 19.6 Å². The van der Waals surface area contributed by atoms with E-state index in [9.17, 15) is 9.59 Å². The Morgan fingerprint density at radius 1 is 1.05 bits per heavy atom. The van der Waals surface area contributed by atoms with Gasteiger partial charge in [-0.1, -0.05) is 12.8 Å². The van der Waals surface area contributed by atoms with E-state index in [2.05, 4.69) is 15.6 Å². The number of nitrogens with zero attached hydrogens (tertiary/aromatic N) is 2. The largest absolute Gasteiger partial charge is 0.341 e. The third-order valence-electron chi connectivity index (χ3n) is 4.37. The average Bonchev–Trinajstić information content (AvgIpc) is 2.73. The van der Waals surface area contributed by atoms with Crippen LogP contribution in [0.4, 0.5) is 0 Å². The van der Waals surface area contributed by atoms with E-state index in [0.29, 0.717) is 18.8 Å². The van der Waals surface area contributed by atoms with Crippen molar-refractivity contribution in [2.75, 3.05) is 26.2 Å². The average molecular weight is 264 g/mol. The number of aliphatic imine (C=N–C) groups is 1. The first-order chi connectivity index (χ1) is 9.22. The molecule has 104 valence electrons. The van der Waals surface area contributed by atoms with Crippen LogP contribution >= 0.6 is 0 Å². The van der Waals surface area contributed by atoms with E-state index in [4.69, 9.17) is 0 Å². The summed E-state index contributed by atoms with van der Waals surface area (Å²) in [7, 11) is 0. The maximum absolute atomic E-state index is 12.3. The Hall–Kier alpha value is -1.43. The number of amides is 2. The highest BCUT2D eigenvalue weighted by Crippen LogP contribution is 2.40. The molecule has 6 nitrogen and oxygen atoms in total. The predicted molar refractivity (Wildman–Crippen MR) is 70.5 cm³/mol. The number of carbonyl (C=O) groups is 2. The molecule has 0 aromatic rings. The van der Waals surface area contributed by atoms with Crippen molar-refractivity contribution in [1.82, 2.24) is 15.5 Å². The molecule has 1 saturated heterocycles. The van der Waals surface area contributed by atoms with Crippen LogP contribution in [-0.2, 0) is 9.59 Å². The standard InChI is InChI=1S/C13H20N4O2/c18-10-13(4-1-2-5-13)11(19)16-12(15-10)17-8-3-6-14-7-9-17/h14H,1-9H2,(H,15,16,18,19). The maximum Gasteiger partial charge on any atom is 0.264 e. The van der Waals surface area contributed by atoms with Crippen molar-refractivity contribution in [1.29, 1.82) is 0 Å². The Bertz CT molecular complexity index is 418. The van der Waals surface area contributed by atoms with E-state index < -0.39 is 5.41 Å². The van der Waals surface area contributed by atoms with Crippen LogP contribution in [0.2, 0.25) is 0 Å². The SMILES string of the molecule is O=C1N=C(N2CCCNCC2)NC(=O)C12CCCC2. The second-order valence-electron chi connectivity index (χ2n) is 5.57. The van der Waals surface area contributed by atoms with Gasteiger partial charge in [0.15, 0.2) is 0 Å². The molecule has 0 aromatic carbocycles. The first-order valence-electron chi connectivity index (χ1n) is 7.13. The molecule has 0 aromatic heterocycles. The highest BCUT2D eigenvalue weighted by molar-refractivity contribution is 6.18. The topological polar surface area (TPSA) is 73.8 Å². The Labute approximate surface area is 112 Å². The molecule has 1 saturated carbocycles. The van der Waals surface area contributed by atoms with Gasteiger partial charge in [-0.2, -0.15) is 4.99 Å². The summed E-state index contributed by atoms with van der Waals surface area (Å²) in [6.45, 7) is 3.43. The number of hydrogen-bond donors (Lipinski definition) is 2. The lowest BCUT2D eigenvalue weighted by atomic mass is 9.83. The lowest BCUT2D eigenvalue weighted by molar-refractivity contribution is -0.141. The molecule has 3 aliphatic rings. The smallest absolute Gasteiger partial charge is 0.264 e. The predicted octanol–water partition coefficient (Wildman–Crippen LogP) is -0.145. The summed E-state index contributed by atoms with van der Waals surface area (Å²) in [5.74, 6) is 0.0781. The number of rotatable bonds is 0. The second-order valence-corrected chi connectivity index (χ2v) is 5.57. The van der Waals surface area contributed by atoms with Gasteiger partial charge in [0.05, 0.1) is 0 Å². The minimum atomic E-state index is -0.854. The zero-order chi connectivity index (χ0) is 13.3. The van der Waals surface area contributed by atoms with Crippen LogP contribution in [0, 0.1) is 5.41 Å². The van der Waals surface area contributed by atoms with Crippen LogP contribution in [0.15, 0.2) is 4.99 Å². The van der Waals surface area contributed by atoms with E-state index in [1.807, 2.05) is 4.90 Å². The lowest BCUT2D eigenvalue weighted by Crippen LogP contribution is -2.56. The third-order valence-corrected chi connectivity index (χ3v) is 4.37. The molecule has 6 heteroatoms.